The molecule has 0 saturated heterocycles. The van der Waals surface area contributed by atoms with Crippen molar-refractivity contribution in [3.05, 3.63) is 78.2 Å². The number of hydrogen-bond acceptors (Lipinski definition) is 4. The highest BCUT2D eigenvalue weighted by Crippen LogP contribution is 2.23. The van der Waals surface area contributed by atoms with E-state index >= 15 is 0 Å². The van der Waals surface area contributed by atoms with Gasteiger partial charge in [-0.3, -0.25) is 19.6 Å². The minimum atomic E-state index is -0.180. The largest absolute Gasteiger partial charge is 0.348 e. The molecule has 0 fully saturated rings. The van der Waals surface area contributed by atoms with E-state index in [1.807, 2.05) is 54.3 Å². The average Bonchev–Trinajstić information content (AvgIpc) is 2.81. The number of nitrogens with one attached hydrogen (secondary N) is 1. The molecule has 2 amide bonds. The summed E-state index contributed by atoms with van der Waals surface area (Å²) in [6.07, 6.45) is 5.47. The van der Waals surface area contributed by atoms with Crippen LogP contribution in [0.5, 0.6) is 0 Å². The lowest BCUT2D eigenvalue weighted by atomic mass is 10.1. The molecule has 0 aliphatic carbocycles. The second-order valence-electron chi connectivity index (χ2n) is 7.77. The summed E-state index contributed by atoms with van der Waals surface area (Å²) >= 11 is 0. The Labute approximate surface area is 183 Å². The van der Waals surface area contributed by atoms with Crippen molar-refractivity contribution < 1.29 is 9.59 Å². The zero-order valence-corrected chi connectivity index (χ0v) is 18.2. The van der Waals surface area contributed by atoms with Crippen LogP contribution in [-0.2, 0) is 11.3 Å². The second-order valence-corrected chi connectivity index (χ2v) is 7.77. The Morgan fingerprint density at radius 3 is 2.39 bits per heavy atom. The van der Waals surface area contributed by atoms with Gasteiger partial charge in [0.1, 0.15) is 0 Å². The molecule has 1 N–H and O–H groups in total. The lowest BCUT2D eigenvalue weighted by Crippen LogP contribution is -2.33. The first kappa shape index (κ1) is 22.2. The van der Waals surface area contributed by atoms with Gasteiger partial charge in [-0.1, -0.05) is 39.0 Å². The van der Waals surface area contributed by atoms with E-state index < -0.39 is 0 Å². The maximum atomic E-state index is 12.4. The molecule has 0 aliphatic rings. The summed E-state index contributed by atoms with van der Waals surface area (Å²) in [5.74, 6) is 0.315. The third-order valence-corrected chi connectivity index (χ3v) is 4.83. The average molecular weight is 417 g/mol. The summed E-state index contributed by atoms with van der Waals surface area (Å²) < 4.78 is 0. The molecule has 3 aromatic rings. The van der Waals surface area contributed by atoms with Crippen LogP contribution in [0, 0.1) is 5.92 Å². The van der Waals surface area contributed by atoms with Gasteiger partial charge in [0.25, 0.3) is 5.91 Å². The van der Waals surface area contributed by atoms with Gasteiger partial charge < -0.3 is 10.2 Å². The van der Waals surface area contributed by atoms with Crippen molar-refractivity contribution in [2.24, 2.45) is 5.92 Å². The first-order valence-electron chi connectivity index (χ1n) is 10.5. The van der Waals surface area contributed by atoms with Crippen LogP contribution in [0.25, 0.3) is 11.3 Å². The molecule has 0 saturated carbocycles. The number of aromatic nitrogens is 2. The number of hydrogen-bond donors (Lipinski definition) is 1. The minimum Gasteiger partial charge on any atom is -0.348 e. The number of rotatable bonds is 8. The van der Waals surface area contributed by atoms with Crippen LogP contribution in [0.1, 0.15) is 43.1 Å². The molecule has 1 aromatic carbocycles. The highest BCUT2D eigenvalue weighted by Gasteiger charge is 2.15. The molecule has 160 valence electrons. The van der Waals surface area contributed by atoms with Crippen molar-refractivity contribution in [1.29, 1.82) is 0 Å². The van der Waals surface area contributed by atoms with E-state index in [-0.39, 0.29) is 11.8 Å². The summed E-state index contributed by atoms with van der Waals surface area (Å²) in [4.78, 5) is 35.0. The van der Waals surface area contributed by atoms with Gasteiger partial charge in [-0.05, 0) is 41.8 Å². The number of benzene rings is 1. The normalized spacial score (nSPS) is 10.7. The predicted octanol–water partition coefficient (Wildman–Crippen LogP) is 4.47. The molecule has 2 heterocycles. The highest BCUT2D eigenvalue weighted by atomic mass is 16.2. The van der Waals surface area contributed by atoms with Gasteiger partial charge in [0.05, 0.1) is 11.3 Å². The van der Waals surface area contributed by atoms with Gasteiger partial charge in [-0.2, -0.15) is 0 Å². The SMILES string of the molecule is CCC(=O)N(CC(C)C)c1ccc(-c2ccc(C(=O)NCc3cccnc3)cn2)cc1. The number of carbonyl (C=O) groups is 2. The molecule has 0 bridgehead atoms. The van der Waals surface area contributed by atoms with Crippen LogP contribution in [0.3, 0.4) is 0 Å². The predicted molar refractivity (Wildman–Crippen MR) is 123 cm³/mol. The van der Waals surface area contributed by atoms with Gasteiger partial charge in [0.2, 0.25) is 5.91 Å². The maximum absolute atomic E-state index is 12.4. The van der Waals surface area contributed by atoms with Crippen molar-refractivity contribution in [2.75, 3.05) is 11.4 Å². The molecular formula is C25H28N4O2. The van der Waals surface area contributed by atoms with E-state index in [0.717, 1.165) is 22.5 Å². The van der Waals surface area contributed by atoms with Crippen LogP contribution >= 0.6 is 0 Å². The van der Waals surface area contributed by atoms with Crippen molar-refractivity contribution >= 4 is 17.5 Å². The van der Waals surface area contributed by atoms with E-state index in [1.165, 1.54) is 0 Å². The molecule has 0 atom stereocenters. The smallest absolute Gasteiger partial charge is 0.253 e. The highest BCUT2D eigenvalue weighted by molar-refractivity contribution is 5.94. The van der Waals surface area contributed by atoms with Gasteiger partial charge in [-0.15, -0.1) is 0 Å². The van der Waals surface area contributed by atoms with E-state index in [0.29, 0.717) is 31.0 Å². The lowest BCUT2D eigenvalue weighted by molar-refractivity contribution is -0.118. The third kappa shape index (κ3) is 5.98. The Balaban J connectivity index is 1.67. The quantitative estimate of drug-likeness (QED) is 0.588. The Morgan fingerprint density at radius 2 is 1.81 bits per heavy atom. The summed E-state index contributed by atoms with van der Waals surface area (Å²) in [5.41, 5.74) is 4.03. The summed E-state index contributed by atoms with van der Waals surface area (Å²) in [6, 6.07) is 15.1. The lowest BCUT2D eigenvalue weighted by Gasteiger charge is -2.24. The van der Waals surface area contributed by atoms with Crippen LogP contribution in [0.4, 0.5) is 5.69 Å². The zero-order chi connectivity index (χ0) is 22.2. The van der Waals surface area contributed by atoms with Crippen LogP contribution in [-0.4, -0.2) is 28.3 Å². The van der Waals surface area contributed by atoms with Gasteiger partial charge in [0.15, 0.2) is 0 Å². The molecule has 31 heavy (non-hydrogen) atoms. The van der Waals surface area contributed by atoms with E-state index in [1.54, 1.807) is 24.7 Å². The van der Waals surface area contributed by atoms with Gasteiger partial charge >= 0.3 is 0 Å². The molecule has 2 aromatic heterocycles. The maximum Gasteiger partial charge on any atom is 0.253 e. The number of amides is 2. The number of pyridine rings is 2. The number of carbonyl (C=O) groups excluding carboxylic acids is 2. The Hall–Kier alpha value is -3.54. The van der Waals surface area contributed by atoms with Gasteiger partial charge in [-0.25, -0.2) is 0 Å². The van der Waals surface area contributed by atoms with Crippen molar-refractivity contribution in [1.82, 2.24) is 15.3 Å². The van der Waals surface area contributed by atoms with E-state index in [4.69, 9.17) is 0 Å². The summed E-state index contributed by atoms with van der Waals surface area (Å²) in [6.45, 7) is 7.18. The third-order valence-electron chi connectivity index (χ3n) is 4.83. The monoisotopic (exact) mass is 416 g/mol. The molecule has 0 aliphatic heterocycles. The van der Waals surface area contributed by atoms with Crippen LogP contribution in [0.2, 0.25) is 0 Å². The zero-order valence-electron chi connectivity index (χ0n) is 18.2. The number of anilines is 1. The van der Waals surface area contributed by atoms with E-state index in [2.05, 4.69) is 29.1 Å². The molecule has 6 nitrogen and oxygen atoms in total. The Bertz CT molecular complexity index is 1000. The molecule has 3 rings (SSSR count). The Kier molecular flexibility index (Phi) is 7.49. The fourth-order valence-electron chi connectivity index (χ4n) is 3.21. The van der Waals surface area contributed by atoms with Crippen molar-refractivity contribution in [3.63, 3.8) is 0 Å². The molecule has 0 unspecified atom stereocenters. The minimum absolute atomic E-state index is 0.112. The first-order chi connectivity index (χ1) is 15.0. The standard InChI is InChI=1S/C25H28N4O2/c1-4-24(30)29(17-18(2)3)22-10-7-20(8-11-22)23-12-9-21(16-27-23)25(31)28-15-19-6-5-13-26-14-19/h5-14,16,18H,4,15,17H2,1-3H3,(H,28,31). The molecule has 0 radical (unpaired) electrons. The topological polar surface area (TPSA) is 75.2 Å². The molecule has 6 heteroatoms. The Morgan fingerprint density at radius 1 is 1.03 bits per heavy atom. The van der Waals surface area contributed by atoms with E-state index in [9.17, 15) is 9.59 Å². The van der Waals surface area contributed by atoms with Crippen LogP contribution in [0.15, 0.2) is 67.1 Å². The second kappa shape index (κ2) is 10.5. The first-order valence-corrected chi connectivity index (χ1v) is 10.5. The van der Waals surface area contributed by atoms with Crippen molar-refractivity contribution in [3.8, 4) is 11.3 Å². The summed E-state index contributed by atoms with van der Waals surface area (Å²) in [5, 5.41) is 2.87. The van der Waals surface area contributed by atoms with Gasteiger partial charge in [0, 0.05) is 49.4 Å². The molecular weight excluding hydrogens is 388 g/mol. The van der Waals surface area contributed by atoms with Crippen LogP contribution < -0.4 is 10.2 Å². The number of nitrogens with zero attached hydrogens (tertiary/aromatic N) is 3. The summed E-state index contributed by atoms with van der Waals surface area (Å²) in [7, 11) is 0. The fourth-order valence-corrected chi connectivity index (χ4v) is 3.21. The fraction of sp³-hybridized carbons (Fsp3) is 0.280. The van der Waals surface area contributed by atoms with Crippen molar-refractivity contribution in [2.45, 2.75) is 33.7 Å². The molecule has 0 spiro atoms.